The van der Waals surface area contributed by atoms with Gasteiger partial charge in [0.25, 0.3) is 0 Å². The van der Waals surface area contributed by atoms with Crippen molar-refractivity contribution in [3.63, 3.8) is 0 Å². The van der Waals surface area contributed by atoms with Crippen molar-refractivity contribution in [1.29, 1.82) is 0 Å². The molecule has 0 saturated carbocycles. The molecule has 1 heterocycles. The third kappa shape index (κ3) is 7.48. The minimum atomic E-state index is -0.345. The summed E-state index contributed by atoms with van der Waals surface area (Å²) in [5.74, 6) is 0.986. The largest absolute Gasteiger partial charge is 0.486 e. The van der Waals surface area contributed by atoms with Crippen LogP contribution in [0, 0.1) is 0 Å². The third-order valence-corrected chi connectivity index (χ3v) is 5.84. The number of unbranched alkanes of at least 4 members (excludes halogenated alkanes) is 9. The second kappa shape index (κ2) is 12.1. The van der Waals surface area contributed by atoms with Crippen molar-refractivity contribution < 1.29 is 9.53 Å². The summed E-state index contributed by atoms with van der Waals surface area (Å²) in [4.78, 5) is 12.8. The zero-order valence-corrected chi connectivity index (χ0v) is 18.4. The highest BCUT2D eigenvalue weighted by atomic mass is 16.5. The van der Waals surface area contributed by atoms with E-state index in [1.54, 1.807) is 0 Å². The van der Waals surface area contributed by atoms with Gasteiger partial charge in [0.15, 0.2) is 5.78 Å². The van der Waals surface area contributed by atoms with Crippen LogP contribution in [-0.2, 0) is 0 Å². The fraction of sp³-hybridized carbons (Fsp3) is 0.720. The summed E-state index contributed by atoms with van der Waals surface area (Å²) >= 11 is 0. The van der Waals surface area contributed by atoms with E-state index in [-0.39, 0.29) is 11.4 Å². The maximum atomic E-state index is 12.8. The molecule has 1 atom stereocenters. The van der Waals surface area contributed by atoms with Gasteiger partial charge in [-0.1, -0.05) is 71.6 Å². The molecule has 1 aromatic carbocycles. The number of anilines is 1. The second-order valence-electron chi connectivity index (χ2n) is 8.72. The summed E-state index contributed by atoms with van der Waals surface area (Å²) in [7, 11) is 0. The number of ether oxygens (including phenoxy) is 1. The van der Waals surface area contributed by atoms with Gasteiger partial charge in [-0.2, -0.15) is 0 Å². The molecule has 2 rings (SSSR count). The van der Waals surface area contributed by atoms with Crippen LogP contribution in [0.3, 0.4) is 0 Å². The smallest absolute Gasteiger partial charge is 0.170 e. The van der Waals surface area contributed by atoms with Crippen molar-refractivity contribution in [2.24, 2.45) is 0 Å². The predicted octanol–water partition coefficient (Wildman–Crippen LogP) is 7.54. The topological polar surface area (TPSA) is 38.3 Å². The van der Waals surface area contributed by atoms with Crippen molar-refractivity contribution in [2.75, 3.05) is 11.9 Å². The lowest BCUT2D eigenvalue weighted by molar-refractivity contribution is 0.0453. The van der Waals surface area contributed by atoms with Crippen molar-refractivity contribution in [2.45, 2.75) is 110 Å². The number of nitrogens with one attached hydrogen (secondary N) is 1. The molecule has 1 unspecified atom stereocenters. The Hall–Kier alpha value is -1.51. The standard InChI is InChI=1S/C25H41NO2/c1-4-6-8-10-11-12-13-17-25(3)20-23(27)22-19-21(15-16-24(22)28-25)26-18-14-9-7-5-2/h15-16,19,26H,4-14,17-18,20H2,1-3H3. The molecule has 0 aliphatic carbocycles. The van der Waals surface area contributed by atoms with Crippen LogP contribution in [0.5, 0.6) is 5.75 Å². The Labute approximate surface area is 172 Å². The first-order valence-electron chi connectivity index (χ1n) is 11.7. The summed E-state index contributed by atoms with van der Waals surface area (Å²) in [5, 5.41) is 3.45. The first-order chi connectivity index (χ1) is 13.6. The molecular formula is C25H41NO2. The highest BCUT2D eigenvalue weighted by Crippen LogP contribution is 2.37. The van der Waals surface area contributed by atoms with E-state index < -0.39 is 0 Å². The Morgan fingerprint density at radius 3 is 2.29 bits per heavy atom. The summed E-state index contributed by atoms with van der Waals surface area (Å²) < 4.78 is 6.30. The first kappa shape index (κ1) is 22.8. The molecule has 0 spiro atoms. The van der Waals surface area contributed by atoms with E-state index in [0.717, 1.165) is 36.4 Å². The molecule has 3 heteroatoms. The molecular weight excluding hydrogens is 346 g/mol. The highest BCUT2D eigenvalue weighted by molar-refractivity contribution is 6.01. The van der Waals surface area contributed by atoms with Crippen LogP contribution in [0.1, 0.15) is 115 Å². The third-order valence-electron chi connectivity index (χ3n) is 5.84. The molecule has 1 aliphatic rings. The Bertz CT molecular complexity index is 598. The number of carbonyl (C=O) groups excluding carboxylic acids is 1. The van der Waals surface area contributed by atoms with Gasteiger partial charge in [0.1, 0.15) is 11.4 Å². The highest BCUT2D eigenvalue weighted by Gasteiger charge is 2.36. The van der Waals surface area contributed by atoms with Gasteiger partial charge in [-0.3, -0.25) is 4.79 Å². The lowest BCUT2D eigenvalue weighted by Gasteiger charge is -2.35. The lowest BCUT2D eigenvalue weighted by atomic mass is 9.87. The fourth-order valence-electron chi connectivity index (χ4n) is 4.06. The average molecular weight is 388 g/mol. The van der Waals surface area contributed by atoms with Gasteiger partial charge in [-0.05, 0) is 44.4 Å². The van der Waals surface area contributed by atoms with E-state index in [1.807, 2.05) is 18.2 Å². The molecule has 0 saturated heterocycles. The van der Waals surface area contributed by atoms with Crippen LogP contribution < -0.4 is 10.1 Å². The Morgan fingerprint density at radius 1 is 0.929 bits per heavy atom. The molecule has 0 aromatic heterocycles. The minimum Gasteiger partial charge on any atom is -0.486 e. The van der Waals surface area contributed by atoms with Crippen molar-refractivity contribution in [3.8, 4) is 5.75 Å². The molecule has 1 aliphatic heterocycles. The molecule has 0 bridgehead atoms. The maximum Gasteiger partial charge on any atom is 0.170 e. The van der Waals surface area contributed by atoms with E-state index >= 15 is 0 Å². The van der Waals surface area contributed by atoms with Gasteiger partial charge in [0.05, 0.1) is 12.0 Å². The van der Waals surface area contributed by atoms with Crippen molar-refractivity contribution in [3.05, 3.63) is 23.8 Å². The van der Waals surface area contributed by atoms with Crippen LogP contribution in [0.4, 0.5) is 5.69 Å². The molecule has 158 valence electrons. The Morgan fingerprint density at radius 2 is 1.57 bits per heavy atom. The maximum absolute atomic E-state index is 12.8. The first-order valence-corrected chi connectivity index (χ1v) is 11.7. The molecule has 1 aromatic rings. The average Bonchev–Trinajstić information content (AvgIpc) is 2.67. The molecule has 3 nitrogen and oxygen atoms in total. The van der Waals surface area contributed by atoms with E-state index in [4.69, 9.17) is 4.74 Å². The van der Waals surface area contributed by atoms with Crippen LogP contribution in [0.2, 0.25) is 0 Å². The predicted molar refractivity (Wildman–Crippen MR) is 120 cm³/mol. The Kier molecular flexibility index (Phi) is 9.87. The number of hydrogen-bond acceptors (Lipinski definition) is 3. The van der Waals surface area contributed by atoms with Gasteiger partial charge >= 0.3 is 0 Å². The van der Waals surface area contributed by atoms with Gasteiger partial charge < -0.3 is 10.1 Å². The number of ketones is 1. The second-order valence-corrected chi connectivity index (χ2v) is 8.72. The molecule has 0 fully saturated rings. The van der Waals surface area contributed by atoms with Crippen LogP contribution in [0.15, 0.2) is 18.2 Å². The van der Waals surface area contributed by atoms with E-state index in [2.05, 4.69) is 26.1 Å². The normalized spacial score (nSPS) is 18.6. The zero-order valence-electron chi connectivity index (χ0n) is 18.4. The summed E-state index contributed by atoms with van der Waals surface area (Å²) in [6, 6.07) is 6.00. The number of rotatable bonds is 14. The van der Waals surface area contributed by atoms with Gasteiger partial charge in [0, 0.05) is 12.2 Å². The number of fused-ring (bicyclic) bond motifs is 1. The number of benzene rings is 1. The fourth-order valence-corrected chi connectivity index (χ4v) is 4.06. The number of Topliss-reactive ketones (excluding diaryl/α,β-unsaturated/α-hetero) is 1. The van der Waals surface area contributed by atoms with E-state index in [9.17, 15) is 4.79 Å². The number of hydrogen-bond donors (Lipinski definition) is 1. The molecule has 28 heavy (non-hydrogen) atoms. The molecule has 0 radical (unpaired) electrons. The van der Waals surface area contributed by atoms with Gasteiger partial charge in [0.2, 0.25) is 0 Å². The monoisotopic (exact) mass is 387 g/mol. The zero-order chi connectivity index (χ0) is 20.2. The van der Waals surface area contributed by atoms with Crippen LogP contribution in [0.25, 0.3) is 0 Å². The van der Waals surface area contributed by atoms with Crippen molar-refractivity contribution >= 4 is 11.5 Å². The number of carbonyl (C=O) groups is 1. The van der Waals surface area contributed by atoms with Gasteiger partial charge in [-0.15, -0.1) is 0 Å². The lowest BCUT2D eigenvalue weighted by Crippen LogP contribution is -2.39. The van der Waals surface area contributed by atoms with Gasteiger partial charge in [-0.25, -0.2) is 0 Å². The quantitative estimate of drug-likeness (QED) is 0.335. The Balaban J connectivity index is 1.80. The van der Waals surface area contributed by atoms with E-state index in [0.29, 0.717) is 6.42 Å². The molecule has 1 N–H and O–H groups in total. The van der Waals surface area contributed by atoms with Crippen LogP contribution in [-0.4, -0.2) is 17.9 Å². The summed E-state index contributed by atoms with van der Waals surface area (Å²) in [5.41, 5.74) is 1.43. The van der Waals surface area contributed by atoms with E-state index in [1.165, 1.54) is 64.2 Å². The molecule has 0 amide bonds. The van der Waals surface area contributed by atoms with Crippen LogP contribution >= 0.6 is 0 Å². The summed E-state index contributed by atoms with van der Waals surface area (Å²) in [6.07, 6.45) is 15.4. The summed E-state index contributed by atoms with van der Waals surface area (Å²) in [6.45, 7) is 7.54. The SMILES string of the molecule is CCCCCCCCCC1(C)CC(=O)c2cc(NCCCCCC)ccc2O1. The minimum absolute atomic E-state index is 0.223. The van der Waals surface area contributed by atoms with Crippen molar-refractivity contribution in [1.82, 2.24) is 0 Å².